The Morgan fingerprint density at radius 2 is 1.83 bits per heavy atom. The summed E-state index contributed by atoms with van der Waals surface area (Å²) in [6.07, 6.45) is 0. The van der Waals surface area contributed by atoms with Gasteiger partial charge in [-0.2, -0.15) is 0 Å². The number of nitrogens with zero attached hydrogens (tertiary/aromatic N) is 2. The fourth-order valence-corrected chi connectivity index (χ4v) is 3.18. The molecule has 24 heavy (non-hydrogen) atoms. The molecule has 3 aromatic rings. The molecule has 3 rings (SSSR count). The Hall–Kier alpha value is -2.07. The van der Waals surface area contributed by atoms with E-state index in [1.54, 1.807) is 0 Å². The van der Waals surface area contributed by atoms with Crippen LogP contribution in [0.15, 0.2) is 53.7 Å². The van der Waals surface area contributed by atoms with Crippen LogP contribution in [0, 0.1) is 4.91 Å². The zero-order valence-electron chi connectivity index (χ0n) is 14.0. The van der Waals surface area contributed by atoms with Crippen LogP contribution in [0.1, 0.15) is 31.9 Å². The van der Waals surface area contributed by atoms with E-state index in [1.165, 1.54) is 0 Å². The number of benzene rings is 2. The zero-order valence-corrected chi connectivity index (χ0v) is 15.6. The van der Waals surface area contributed by atoms with Gasteiger partial charge in [0.1, 0.15) is 5.69 Å². The van der Waals surface area contributed by atoms with Crippen molar-refractivity contribution >= 4 is 32.5 Å². The van der Waals surface area contributed by atoms with Crippen molar-refractivity contribution < 1.29 is 0 Å². The first-order valence-electron chi connectivity index (χ1n) is 7.87. The highest BCUT2D eigenvalue weighted by Gasteiger charge is 2.20. The number of hydrogen-bond acceptors (Lipinski definition) is 3. The zero-order chi connectivity index (χ0) is 17.3. The molecule has 0 saturated carbocycles. The Balaban J connectivity index is 2.29. The van der Waals surface area contributed by atoms with Crippen LogP contribution in [0.2, 0.25) is 0 Å². The van der Waals surface area contributed by atoms with Crippen LogP contribution in [0.25, 0.3) is 22.2 Å². The van der Waals surface area contributed by atoms with Gasteiger partial charge in [0.2, 0.25) is 0 Å². The van der Waals surface area contributed by atoms with Gasteiger partial charge in [-0.3, -0.25) is 0 Å². The van der Waals surface area contributed by atoms with Gasteiger partial charge in [-0.15, -0.1) is 4.91 Å². The van der Waals surface area contributed by atoms with Gasteiger partial charge < -0.3 is 0 Å². The van der Waals surface area contributed by atoms with E-state index in [-0.39, 0.29) is 5.41 Å². The molecule has 0 atom stereocenters. The minimum Gasteiger partial charge on any atom is -0.248 e. The van der Waals surface area contributed by atoms with Crippen molar-refractivity contribution in [3.05, 3.63) is 64.6 Å². The third-order valence-corrected chi connectivity index (χ3v) is 4.77. The fraction of sp³-hybridized carbons (Fsp3) is 0.250. The van der Waals surface area contributed by atoms with Crippen molar-refractivity contribution in [1.82, 2.24) is 4.98 Å². The third-order valence-electron chi connectivity index (χ3n) is 4.16. The molecule has 0 amide bonds. The molecule has 0 aliphatic rings. The van der Waals surface area contributed by atoms with Crippen molar-refractivity contribution in [3.8, 4) is 11.3 Å². The van der Waals surface area contributed by atoms with Gasteiger partial charge >= 0.3 is 0 Å². The number of aromatic nitrogens is 1. The highest BCUT2D eigenvalue weighted by atomic mass is 79.9. The van der Waals surface area contributed by atoms with E-state index in [0.717, 1.165) is 33.3 Å². The van der Waals surface area contributed by atoms with Crippen LogP contribution in [0.5, 0.6) is 0 Å². The number of pyridine rings is 1. The standard InChI is InChI=1S/C20H19BrN2O/c1-20(2,3)15-10-14(12-21)19(23-24)16(11-15)18-9-8-13-6-4-5-7-17(13)22-18/h4-11H,12H2,1-3H3. The molecule has 122 valence electrons. The molecule has 0 bridgehead atoms. The second kappa shape index (κ2) is 6.44. The van der Waals surface area contributed by atoms with Crippen LogP contribution in [-0.4, -0.2) is 4.98 Å². The lowest BCUT2D eigenvalue weighted by atomic mass is 9.84. The molecule has 0 aliphatic heterocycles. The second-order valence-corrected chi connectivity index (χ2v) is 7.46. The molecule has 0 unspecified atom stereocenters. The second-order valence-electron chi connectivity index (χ2n) is 6.90. The van der Waals surface area contributed by atoms with Gasteiger partial charge in [-0.1, -0.05) is 67.0 Å². The van der Waals surface area contributed by atoms with Crippen LogP contribution in [0.3, 0.4) is 0 Å². The highest BCUT2D eigenvalue weighted by Crippen LogP contribution is 2.38. The number of halogens is 1. The van der Waals surface area contributed by atoms with Gasteiger partial charge in [0.25, 0.3) is 0 Å². The highest BCUT2D eigenvalue weighted by molar-refractivity contribution is 9.08. The number of rotatable bonds is 3. The van der Waals surface area contributed by atoms with Crippen LogP contribution in [-0.2, 0) is 10.7 Å². The quantitative estimate of drug-likeness (QED) is 0.383. The van der Waals surface area contributed by atoms with E-state index in [0.29, 0.717) is 11.0 Å². The van der Waals surface area contributed by atoms with Crippen molar-refractivity contribution in [2.45, 2.75) is 31.5 Å². The van der Waals surface area contributed by atoms with Crippen molar-refractivity contribution in [1.29, 1.82) is 0 Å². The maximum Gasteiger partial charge on any atom is 0.121 e. The maximum absolute atomic E-state index is 11.5. The molecule has 0 saturated heterocycles. The number of hydrogen-bond donors (Lipinski definition) is 0. The Labute approximate surface area is 150 Å². The van der Waals surface area contributed by atoms with Gasteiger partial charge in [-0.05, 0) is 39.9 Å². The van der Waals surface area contributed by atoms with Crippen molar-refractivity contribution in [2.24, 2.45) is 5.18 Å². The van der Waals surface area contributed by atoms with E-state index in [4.69, 9.17) is 4.98 Å². The topological polar surface area (TPSA) is 42.3 Å². The molecule has 1 heterocycles. The number of alkyl halides is 1. The van der Waals surface area contributed by atoms with E-state index in [2.05, 4.69) is 47.9 Å². The minimum absolute atomic E-state index is 0.0239. The van der Waals surface area contributed by atoms with Gasteiger partial charge in [-0.25, -0.2) is 4.98 Å². The summed E-state index contributed by atoms with van der Waals surface area (Å²) in [5.41, 5.74) is 4.96. The summed E-state index contributed by atoms with van der Waals surface area (Å²) >= 11 is 3.48. The minimum atomic E-state index is -0.0239. The molecular formula is C20H19BrN2O. The van der Waals surface area contributed by atoms with E-state index in [9.17, 15) is 4.91 Å². The molecule has 3 nitrogen and oxygen atoms in total. The first-order chi connectivity index (χ1) is 11.4. The van der Waals surface area contributed by atoms with Crippen LogP contribution in [0.4, 0.5) is 5.69 Å². The Bertz CT molecular complexity index is 913. The molecule has 0 radical (unpaired) electrons. The lowest BCUT2D eigenvalue weighted by molar-refractivity contribution is 0.590. The molecular weight excluding hydrogens is 364 g/mol. The Morgan fingerprint density at radius 1 is 1.08 bits per heavy atom. The van der Waals surface area contributed by atoms with E-state index in [1.807, 2.05) is 42.5 Å². The van der Waals surface area contributed by atoms with Crippen LogP contribution < -0.4 is 0 Å². The SMILES string of the molecule is CC(C)(C)c1cc(CBr)c(N=O)c(-c2ccc3ccccc3n2)c1. The Kier molecular flexibility index (Phi) is 4.50. The number of para-hydroxylation sites is 1. The third kappa shape index (κ3) is 3.11. The monoisotopic (exact) mass is 382 g/mol. The molecule has 0 aliphatic carbocycles. The lowest BCUT2D eigenvalue weighted by Crippen LogP contribution is -2.11. The molecule has 0 N–H and O–H groups in total. The molecule has 0 spiro atoms. The predicted octanol–water partition coefficient (Wildman–Crippen LogP) is 6.49. The summed E-state index contributed by atoms with van der Waals surface area (Å²) in [6, 6.07) is 16.0. The van der Waals surface area contributed by atoms with Crippen molar-refractivity contribution in [2.75, 3.05) is 0 Å². The normalized spacial score (nSPS) is 11.7. The predicted molar refractivity (Wildman–Crippen MR) is 104 cm³/mol. The smallest absolute Gasteiger partial charge is 0.121 e. The molecule has 1 aromatic heterocycles. The average Bonchev–Trinajstić information content (AvgIpc) is 2.59. The van der Waals surface area contributed by atoms with Gasteiger partial charge in [0, 0.05) is 16.3 Å². The summed E-state index contributed by atoms with van der Waals surface area (Å²) in [7, 11) is 0. The fourth-order valence-electron chi connectivity index (χ4n) is 2.75. The summed E-state index contributed by atoms with van der Waals surface area (Å²) in [5.74, 6) is 0. The lowest BCUT2D eigenvalue weighted by Gasteiger charge is -2.22. The molecule has 2 aromatic carbocycles. The summed E-state index contributed by atoms with van der Waals surface area (Å²) < 4.78 is 0. The first kappa shape index (κ1) is 16.8. The summed E-state index contributed by atoms with van der Waals surface area (Å²) in [6.45, 7) is 6.48. The first-order valence-corrected chi connectivity index (χ1v) is 8.99. The average molecular weight is 383 g/mol. The summed E-state index contributed by atoms with van der Waals surface area (Å²) in [4.78, 5) is 16.2. The largest absolute Gasteiger partial charge is 0.248 e. The number of nitroso groups, excluding NO2 is 1. The van der Waals surface area contributed by atoms with Crippen LogP contribution >= 0.6 is 15.9 Å². The van der Waals surface area contributed by atoms with E-state index < -0.39 is 0 Å². The summed E-state index contributed by atoms with van der Waals surface area (Å²) in [5, 5.41) is 4.96. The van der Waals surface area contributed by atoms with Gasteiger partial charge in [0.05, 0.1) is 11.2 Å². The van der Waals surface area contributed by atoms with Gasteiger partial charge in [0.15, 0.2) is 0 Å². The molecule has 4 heteroatoms. The Morgan fingerprint density at radius 3 is 2.50 bits per heavy atom. The van der Waals surface area contributed by atoms with Crippen molar-refractivity contribution in [3.63, 3.8) is 0 Å². The maximum atomic E-state index is 11.5. The molecule has 0 fully saturated rings. The van der Waals surface area contributed by atoms with E-state index >= 15 is 0 Å². The number of fused-ring (bicyclic) bond motifs is 1.